The lowest BCUT2D eigenvalue weighted by Crippen LogP contribution is -2.35. The highest BCUT2D eigenvalue weighted by Crippen LogP contribution is 2.32. The Morgan fingerprint density at radius 3 is 2.76 bits per heavy atom. The van der Waals surface area contributed by atoms with Crippen LogP contribution in [0, 0.1) is 13.8 Å². The summed E-state index contributed by atoms with van der Waals surface area (Å²) in [6.07, 6.45) is 0.297. The number of hydrogen-bond acceptors (Lipinski definition) is 5. The lowest BCUT2D eigenvalue weighted by atomic mass is 10.0. The first-order chi connectivity index (χ1) is 12.0. The van der Waals surface area contributed by atoms with Crippen molar-refractivity contribution < 1.29 is 9.32 Å². The van der Waals surface area contributed by atoms with Crippen molar-refractivity contribution in [2.45, 2.75) is 26.3 Å². The monoisotopic (exact) mass is 357 g/mol. The number of carbonyl (C=O) groups is 1. The summed E-state index contributed by atoms with van der Waals surface area (Å²) in [7, 11) is 4.08. The molecule has 132 valence electrons. The van der Waals surface area contributed by atoms with E-state index in [0.717, 1.165) is 11.3 Å². The molecule has 0 saturated heterocycles. The Hall–Kier alpha value is -2.18. The molecule has 1 amide bonds. The van der Waals surface area contributed by atoms with Crippen molar-refractivity contribution in [1.82, 2.24) is 15.4 Å². The number of rotatable bonds is 6. The molecular weight excluding hydrogens is 334 g/mol. The zero-order valence-electron chi connectivity index (χ0n) is 15.0. The number of benzene rings is 1. The van der Waals surface area contributed by atoms with Gasteiger partial charge in [0.05, 0.1) is 18.2 Å². The predicted octanol–water partition coefficient (Wildman–Crippen LogP) is 3.47. The molecule has 25 heavy (non-hydrogen) atoms. The third-order valence-corrected chi connectivity index (χ3v) is 5.49. The highest BCUT2D eigenvalue weighted by molar-refractivity contribution is 7.17. The maximum atomic E-state index is 12.4. The number of aromatic nitrogens is 1. The van der Waals surface area contributed by atoms with Gasteiger partial charge >= 0.3 is 0 Å². The van der Waals surface area contributed by atoms with Gasteiger partial charge in [-0.3, -0.25) is 4.79 Å². The molecule has 5 nitrogen and oxygen atoms in total. The first kappa shape index (κ1) is 17.6. The molecule has 2 aromatic heterocycles. The summed E-state index contributed by atoms with van der Waals surface area (Å²) >= 11 is 1.74. The molecule has 0 bridgehead atoms. The van der Waals surface area contributed by atoms with Crippen molar-refractivity contribution in [3.63, 3.8) is 0 Å². The Labute approximate surface area is 151 Å². The van der Waals surface area contributed by atoms with Crippen LogP contribution in [0.15, 0.2) is 34.2 Å². The van der Waals surface area contributed by atoms with E-state index in [2.05, 4.69) is 45.0 Å². The maximum absolute atomic E-state index is 12.4. The second-order valence-corrected chi connectivity index (χ2v) is 7.36. The van der Waals surface area contributed by atoms with E-state index in [1.165, 1.54) is 15.6 Å². The standard InChI is InChI=1S/C19H23N3O2S/c1-12-15(13(2)24-21-12)9-19(23)20-10-17(22(3)4)16-11-25-18-8-6-5-7-14(16)18/h5-8,11,17H,9-10H2,1-4H3,(H,20,23). The van der Waals surface area contributed by atoms with E-state index in [-0.39, 0.29) is 11.9 Å². The zero-order valence-corrected chi connectivity index (χ0v) is 15.8. The maximum Gasteiger partial charge on any atom is 0.224 e. The highest BCUT2D eigenvalue weighted by atomic mass is 32.1. The first-order valence-electron chi connectivity index (χ1n) is 8.28. The molecule has 0 spiro atoms. The molecule has 1 N–H and O–H groups in total. The van der Waals surface area contributed by atoms with Crippen LogP contribution in [0.1, 0.15) is 28.6 Å². The Morgan fingerprint density at radius 2 is 2.08 bits per heavy atom. The summed E-state index contributed by atoms with van der Waals surface area (Å²) in [5.74, 6) is 0.696. The summed E-state index contributed by atoms with van der Waals surface area (Å²) in [6, 6.07) is 8.51. The van der Waals surface area contributed by atoms with Gasteiger partial charge in [-0.25, -0.2) is 0 Å². The summed E-state index contributed by atoms with van der Waals surface area (Å²) in [5, 5.41) is 10.4. The van der Waals surface area contributed by atoms with E-state index in [0.29, 0.717) is 18.7 Å². The minimum absolute atomic E-state index is 0.0132. The van der Waals surface area contributed by atoms with Gasteiger partial charge in [0.25, 0.3) is 0 Å². The molecule has 0 aliphatic heterocycles. The summed E-state index contributed by atoms with van der Waals surface area (Å²) in [4.78, 5) is 14.5. The largest absolute Gasteiger partial charge is 0.361 e. The molecule has 0 aliphatic carbocycles. The van der Waals surface area contributed by atoms with Crippen molar-refractivity contribution in [3.05, 3.63) is 52.2 Å². The van der Waals surface area contributed by atoms with Crippen LogP contribution < -0.4 is 5.32 Å². The fourth-order valence-electron chi connectivity index (χ4n) is 3.01. The smallest absolute Gasteiger partial charge is 0.224 e. The normalized spacial score (nSPS) is 12.7. The minimum atomic E-state index is -0.0132. The Kier molecular flexibility index (Phi) is 5.20. The van der Waals surface area contributed by atoms with E-state index < -0.39 is 0 Å². The van der Waals surface area contributed by atoms with E-state index in [1.807, 2.05) is 27.9 Å². The molecule has 1 unspecified atom stereocenters. The van der Waals surface area contributed by atoms with Gasteiger partial charge in [0.2, 0.25) is 5.91 Å². The number of amides is 1. The summed E-state index contributed by atoms with van der Waals surface area (Å²) < 4.78 is 6.40. The Morgan fingerprint density at radius 1 is 1.32 bits per heavy atom. The first-order valence-corrected chi connectivity index (χ1v) is 9.16. The summed E-state index contributed by atoms with van der Waals surface area (Å²) in [6.45, 7) is 4.26. The highest BCUT2D eigenvalue weighted by Gasteiger charge is 2.20. The second kappa shape index (κ2) is 7.37. The minimum Gasteiger partial charge on any atom is -0.361 e. The molecule has 3 rings (SSSR count). The van der Waals surface area contributed by atoms with E-state index in [9.17, 15) is 4.79 Å². The van der Waals surface area contributed by atoms with Crippen molar-refractivity contribution in [2.24, 2.45) is 0 Å². The van der Waals surface area contributed by atoms with Crippen molar-refractivity contribution in [3.8, 4) is 0 Å². The molecule has 6 heteroatoms. The lowest BCUT2D eigenvalue weighted by molar-refractivity contribution is -0.120. The SMILES string of the molecule is Cc1noc(C)c1CC(=O)NCC(c1csc2ccccc12)N(C)C. The number of likely N-dealkylation sites (N-methyl/N-ethyl adjacent to an activating group) is 1. The fourth-order valence-corrected chi connectivity index (χ4v) is 4.02. The average molecular weight is 357 g/mol. The number of nitrogens with zero attached hydrogens (tertiary/aromatic N) is 2. The van der Waals surface area contributed by atoms with Gasteiger partial charge < -0.3 is 14.7 Å². The van der Waals surface area contributed by atoms with Crippen molar-refractivity contribution in [2.75, 3.05) is 20.6 Å². The van der Waals surface area contributed by atoms with Crippen LogP contribution in [0.3, 0.4) is 0 Å². The third kappa shape index (κ3) is 3.75. The predicted molar refractivity (Wildman–Crippen MR) is 101 cm³/mol. The zero-order chi connectivity index (χ0) is 18.0. The van der Waals surface area contributed by atoms with Gasteiger partial charge in [-0.05, 0) is 50.3 Å². The van der Waals surface area contributed by atoms with Crippen LogP contribution in [0.5, 0.6) is 0 Å². The Bertz CT molecular complexity index is 862. The van der Waals surface area contributed by atoms with Gasteiger partial charge in [-0.15, -0.1) is 11.3 Å². The quantitative estimate of drug-likeness (QED) is 0.734. The lowest BCUT2D eigenvalue weighted by Gasteiger charge is -2.24. The van der Waals surface area contributed by atoms with Gasteiger partial charge in [0, 0.05) is 16.8 Å². The van der Waals surface area contributed by atoms with Crippen LogP contribution in [-0.2, 0) is 11.2 Å². The average Bonchev–Trinajstić information content (AvgIpc) is 3.14. The number of hydrogen-bond donors (Lipinski definition) is 1. The van der Waals surface area contributed by atoms with Gasteiger partial charge in [0.15, 0.2) is 0 Å². The number of nitrogens with one attached hydrogen (secondary N) is 1. The molecule has 1 aromatic carbocycles. The second-order valence-electron chi connectivity index (χ2n) is 6.45. The molecule has 3 aromatic rings. The van der Waals surface area contributed by atoms with Gasteiger partial charge in [0.1, 0.15) is 5.76 Å². The van der Waals surface area contributed by atoms with Crippen LogP contribution in [0.4, 0.5) is 0 Å². The molecule has 2 heterocycles. The number of aryl methyl sites for hydroxylation is 2. The van der Waals surface area contributed by atoms with Gasteiger partial charge in [-0.1, -0.05) is 23.4 Å². The van der Waals surface area contributed by atoms with Gasteiger partial charge in [-0.2, -0.15) is 0 Å². The van der Waals surface area contributed by atoms with E-state index in [4.69, 9.17) is 4.52 Å². The molecular formula is C19H23N3O2S. The topological polar surface area (TPSA) is 58.4 Å². The molecule has 0 radical (unpaired) electrons. The Balaban J connectivity index is 1.71. The molecule has 0 saturated carbocycles. The molecule has 0 aliphatic rings. The third-order valence-electron chi connectivity index (χ3n) is 4.50. The van der Waals surface area contributed by atoms with Crippen molar-refractivity contribution >= 4 is 27.3 Å². The van der Waals surface area contributed by atoms with E-state index >= 15 is 0 Å². The van der Waals surface area contributed by atoms with Crippen LogP contribution in [-0.4, -0.2) is 36.6 Å². The van der Waals surface area contributed by atoms with Crippen LogP contribution in [0.25, 0.3) is 10.1 Å². The molecule has 1 atom stereocenters. The molecule has 0 fully saturated rings. The summed E-state index contributed by atoms with van der Waals surface area (Å²) in [5.41, 5.74) is 2.91. The van der Waals surface area contributed by atoms with Crippen LogP contribution >= 0.6 is 11.3 Å². The number of fused-ring (bicyclic) bond motifs is 1. The number of carbonyl (C=O) groups excluding carboxylic acids is 1. The van der Waals surface area contributed by atoms with Crippen molar-refractivity contribution in [1.29, 1.82) is 0 Å². The van der Waals surface area contributed by atoms with E-state index in [1.54, 1.807) is 11.3 Å². The fraction of sp³-hybridized carbons (Fsp3) is 0.368. The van der Waals surface area contributed by atoms with Crippen LogP contribution in [0.2, 0.25) is 0 Å². The number of thiophene rings is 1.